The lowest BCUT2D eigenvalue weighted by atomic mass is 10.0. The summed E-state index contributed by atoms with van der Waals surface area (Å²) < 4.78 is 0. The number of carboxylic acid groups (broad SMARTS) is 1. The predicted octanol–water partition coefficient (Wildman–Crippen LogP) is 0.650. The molecule has 98 valence electrons. The van der Waals surface area contributed by atoms with Crippen LogP contribution < -0.4 is 0 Å². The lowest BCUT2D eigenvalue weighted by molar-refractivity contribution is -0.139. The van der Waals surface area contributed by atoms with E-state index < -0.39 is 5.97 Å². The average molecular weight is 242 g/mol. The van der Waals surface area contributed by atoms with Crippen molar-refractivity contribution in [1.29, 1.82) is 0 Å². The first kappa shape index (κ1) is 14.0. The minimum atomic E-state index is -0.836. The van der Waals surface area contributed by atoms with Crippen LogP contribution in [0.5, 0.6) is 0 Å². The van der Waals surface area contributed by atoms with E-state index in [1.54, 1.807) is 0 Å². The average Bonchev–Trinajstić information content (AvgIpc) is 2.20. The zero-order chi connectivity index (χ0) is 13.0. The Bertz CT molecular complexity index is 293. The number of piperazine rings is 1. The SMILES string of the molecule is CC(CC(=O)O)CC(=O)N1CCN(C)C(C)C1. The van der Waals surface area contributed by atoms with Crippen molar-refractivity contribution in [3.8, 4) is 0 Å². The first-order valence-electron chi connectivity index (χ1n) is 6.10. The second kappa shape index (κ2) is 6.00. The van der Waals surface area contributed by atoms with Gasteiger partial charge in [0.15, 0.2) is 0 Å². The van der Waals surface area contributed by atoms with Crippen molar-refractivity contribution < 1.29 is 14.7 Å². The van der Waals surface area contributed by atoms with Crippen molar-refractivity contribution in [2.75, 3.05) is 26.7 Å². The second-order valence-electron chi connectivity index (χ2n) is 5.08. The molecule has 1 aliphatic rings. The van der Waals surface area contributed by atoms with Gasteiger partial charge in [-0.05, 0) is 19.9 Å². The predicted molar refractivity (Wildman–Crippen MR) is 64.7 cm³/mol. The molecule has 17 heavy (non-hydrogen) atoms. The number of carboxylic acids is 1. The maximum absolute atomic E-state index is 12.0. The van der Waals surface area contributed by atoms with Gasteiger partial charge >= 0.3 is 5.97 Å². The molecule has 1 fully saturated rings. The van der Waals surface area contributed by atoms with Crippen molar-refractivity contribution in [3.63, 3.8) is 0 Å². The highest BCUT2D eigenvalue weighted by Gasteiger charge is 2.25. The molecule has 2 unspecified atom stereocenters. The Morgan fingerprint density at radius 2 is 2.00 bits per heavy atom. The summed E-state index contributed by atoms with van der Waals surface area (Å²) >= 11 is 0. The van der Waals surface area contributed by atoms with E-state index in [0.29, 0.717) is 12.5 Å². The van der Waals surface area contributed by atoms with Gasteiger partial charge in [0.1, 0.15) is 0 Å². The molecule has 0 aromatic carbocycles. The van der Waals surface area contributed by atoms with Gasteiger partial charge in [0.25, 0.3) is 0 Å². The van der Waals surface area contributed by atoms with Gasteiger partial charge in [0, 0.05) is 38.5 Å². The molecule has 5 nitrogen and oxygen atoms in total. The molecular weight excluding hydrogens is 220 g/mol. The Morgan fingerprint density at radius 3 is 2.53 bits per heavy atom. The Kier molecular flexibility index (Phi) is 4.93. The summed E-state index contributed by atoms with van der Waals surface area (Å²) in [5, 5.41) is 8.65. The van der Waals surface area contributed by atoms with E-state index >= 15 is 0 Å². The van der Waals surface area contributed by atoms with Gasteiger partial charge in [0.2, 0.25) is 5.91 Å². The van der Waals surface area contributed by atoms with Crippen LogP contribution in [0.15, 0.2) is 0 Å². The van der Waals surface area contributed by atoms with E-state index in [0.717, 1.165) is 19.6 Å². The van der Waals surface area contributed by atoms with Crippen molar-refractivity contribution in [2.24, 2.45) is 5.92 Å². The highest BCUT2D eigenvalue weighted by atomic mass is 16.4. The third-order valence-corrected chi connectivity index (χ3v) is 3.36. The molecule has 1 amide bonds. The number of carbonyl (C=O) groups is 2. The third kappa shape index (κ3) is 4.34. The minimum absolute atomic E-state index is 0.0645. The molecule has 1 saturated heterocycles. The van der Waals surface area contributed by atoms with Gasteiger partial charge in [-0.1, -0.05) is 6.92 Å². The smallest absolute Gasteiger partial charge is 0.303 e. The molecule has 2 atom stereocenters. The number of amides is 1. The summed E-state index contributed by atoms with van der Waals surface area (Å²) in [4.78, 5) is 26.6. The fourth-order valence-electron chi connectivity index (χ4n) is 2.07. The first-order chi connectivity index (χ1) is 7.90. The molecule has 0 bridgehead atoms. The van der Waals surface area contributed by atoms with E-state index in [-0.39, 0.29) is 18.2 Å². The molecule has 0 radical (unpaired) electrons. The lowest BCUT2D eigenvalue weighted by Gasteiger charge is -2.38. The van der Waals surface area contributed by atoms with Gasteiger partial charge in [-0.3, -0.25) is 9.59 Å². The summed E-state index contributed by atoms with van der Waals surface area (Å²) in [6.07, 6.45) is 0.401. The van der Waals surface area contributed by atoms with Crippen LogP contribution in [0, 0.1) is 5.92 Å². The number of hydrogen-bond donors (Lipinski definition) is 1. The molecule has 1 rings (SSSR count). The summed E-state index contributed by atoms with van der Waals surface area (Å²) in [5.41, 5.74) is 0. The second-order valence-corrected chi connectivity index (χ2v) is 5.08. The molecule has 0 saturated carbocycles. The van der Waals surface area contributed by atoms with Crippen LogP contribution >= 0.6 is 0 Å². The van der Waals surface area contributed by atoms with Gasteiger partial charge in [-0.2, -0.15) is 0 Å². The maximum atomic E-state index is 12.0. The Hall–Kier alpha value is -1.10. The molecule has 0 aromatic heterocycles. The Morgan fingerprint density at radius 1 is 1.35 bits per heavy atom. The number of aliphatic carboxylic acids is 1. The monoisotopic (exact) mass is 242 g/mol. The highest BCUT2D eigenvalue weighted by Crippen LogP contribution is 2.13. The number of hydrogen-bond acceptors (Lipinski definition) is 3. The zero-order valence-electron chi connectivity index (χ0n) is 10.8. The standard InChI is InChI=1S/C12H22N2O3/c1-9(7-12(16)17)6-11(15)14-5-4-13(3)10(2)8-14/h9-10H,4-8H2,1-3H3,(H,16,17). The third-order valence-electron chi connectivity index (χ3n) is 3.36. The number of likely N-dealkylation sites (N-methyl/N-ethyl adjacent to an activating group) is 1. The van der Waals surface area contributed by atoms with Gasteiger partial charge in [-0.25, -0.2) is 0 Å². The topological polar surface area (TPSA) is 60.9 Å². The minimum Gasteiger partial charge on any atom is -0.481 e. The molecule has 1 N–H and O–H groups in total. The number of rotatable bonds is 4. The van der Waals surface area contributed by atoms with Crippen LogP contribution in [-0.2, 0) is 9.59 Å². The Balaban J connectivity index is 2.40. The quantitative estimate of drug-likeness (QED) is 0.786. The summed E-state index contributed by atoms with van der Waals surface area (Å²) in [6.45, 7) is 6.29. The fourth-order valence-corrected chi connectivity index (χ4v) is 2.07. The van der Waals surface area contributed by atoms with Crippen molar-refractivity contribution in [1.82, 2.24) is 9.80 Å². The van der Waals surface area contributed by atoms with Crippen LogP contribution in [-0.4, -0.2) is 59.5 Å². The maximum Gasteiger partial charge on any atom is 0.303 e. The largest absolute Gasteiger partial charge is 0.481 e. The van der Waals surface area contributed by atoms with E-state index in [4.69, 9.17) is 5.11 Å². The van der Waals surface area contributed by atoms with Crippen molar-refractivity contribution >= 4 is 11.9 Å². The van der Waals surface area contributed by atoms with Gasteiger partial charge in [-0.15, -0.1) is 0 Å². The molecular formula is C12H22N2O3. The lowest BCUT2D eigenvalue weighted by Crippen LogP contribution is -2.52. The summed E-state index contributed by atoms with van der Waals surface area (Å²) in [6, 6.07) is 0.377. The van der Waals surface area contributed by atoms with Crippen molar-refractivity contribution in [2.45, 2.75) is 32.7 Å². The van der Waals surface area contributed by atoms with Crippen LogP contribution in [0.2, 0.25) is 0 Å². The van der Waals surface area contributed by atoms with Crippen LogP contribution in [0.3, 0.4) is 0 Å². The fraction of sp³-hybridized carbons (Fsp3) is 0.833. The Labute approximate surface area is 102 Å². The van der Waals surface area contributed by atoms with Crippen LogP contribution in [0.4, 0.5) is 0 Å². The van der Waals surface area contributed by atoms with E-state index in [1.165, 1.54) is 0 Å². The van der Waals surface area contributed by atoms with Crippen LogP contribution in [0.25, 0.3) is 0 Å². The molecule has 0 spiro atoms. The van der Waals surface area contributed by atoms with E-state index in [2.05, 4.69) is 18.9 Å². The van der Waals surface area contributed by atoms with E-state index in [1.807, 2.05) is 11.8 Å². The molecule has 0 aromatic rings. The molecule has 1 heterocycles. The number of nitrogens with zero attached hydrogens (tertiary/aromatic N) is 2. The molecule has 1 aliphatic heterocycles. The highest BCUT2D eigenvalue weighted by molar-refractivity contribution is 5.77. The van der Waals surface area contributed by atoms with E-state index in [9.17, 15) is 9.59 Å². The summed E-state index contributed by atoms with van der Waals surface area (Å²) in [5.74, 6) is -0.842. The van der Waals surface area contributed by atoms with Gasteiger partial charge in [0.05, 0.1) is 0 Å². The normalized spacial score (nSPS) is 23.5. The molecule has 5 heteroatoms. The van der Waals surface area contributed by atoms with Crippen LogP contribution in [0.1, 0.15) is 26.7 Å². The zero-order valence-corrected chi connectivity index (χ0v) is 10.8. The van der Waals surface area contributed by atoms with Crippen molar-refractivity contribution in [3.05, 3.63) is 0 Å². The summed E-state index contributed by atoms with van der Waals surface area (Å²) in [7, 11) is 2.06. The molecule has 0 aliphatic carbocycles. The van der Waals surface area contributed by atoms with Gasteiger partial charge < -0.3 is 14.9 Å². The first-order valence-corrected chi connectivity index (χ1v) is 6.10. The number of carbonyl (C=O) groups excluding carboxylic acids is 1.